The Morgan fingerprint density at radius 1 is 1.03 bits per heavy atom. The molecule has 0 aliphatic carbocycles. The van der Waals surface area contributed by atoms with E-state index in [2.05, 4.69) is 32.5 Å². The van der Waals surface area contributed by atoms with Crippen LogP contribution in [0.1, 0.15) is 22.8 Å². The maximum atomic E-state index is 13.1. The minimum atomic E-state index is -0.300. The first-order valence-corrected chi connectivity index (χ1v) is 10.9. The number of hydrazone groups is 1. The Hall–Kier alpha value is -3.97. The van der Waals surface area contributed by atoms with E-state index >= 15 is 0 Å². The molecular formula is C26H24N4O3. The minimum Gasteiger partial charge on any atom is -0.463 e. The number of rotatable bonds is 5. The average molecular weight is 441 g/mol. The largest absolute Gasteiger partial charge is 0.463 e. The van der Waals surface area contributed by atoms with E-state index in [0.717, 1.165) is 54.2 Å². The number of morpholine rings is 1. The molecule has 5 rings (SSSR count). The highest BCUT2D eigenvalue weighted by Crippen LogP contribution is 2.25. The van der Waals surface area contributed by atoms with Crippen molar-refractivity contribution in [2.45, 2.75) is 6.92 Å². The van der Waals surface area contributed by atoms with Crippen LogP contribution in [0, 0.1) is 0 Å². The van der Waals surface area contributed by atoms with Crippen molar-refractivity contribution in [2.75, 3.05) is 31.2 Å². The van der Waals surface area contributed by atoms with Crippen LogP contribution in [0.25, 0.3) is 22.4 Å². The monoisotopic (exact) mass is 440 g/mol. The van der Waals surface area contributed by atoms with Gasteiger partial charge in [0.1, 0.15) is 5.69 Å². The summed E-state index contributed by atoms with van der Waals surface area (Å²) in [7, 11) is 0. The van der Waals surface area contributed by atoms with Crippen molar-refractivity contribution >= 4 is 28.2 Å². The Bertz CT molecular complexity index is 1290. The van der Waals surface area contributed by atoms with Gasteiger partial charge in [0.25, 0.3) is 5.91 Å². The molecule has 166 valence electrons. The summed E-state index contributed by atoms with van der Waals surface area (Å²) in [4.78, 5) is 20.0. The lowest BCUT2D eigenvalue weighted by molar-refractivity contribution is 0.0956. The third-order valence-corrected chi connectivity index (χ3v) is 5.72. The number of hydrogen-bond acceptors (Lipinski definition) is 6. The molecule has 4 aromatic rings. The smallest absolute Gasteiger partial charge is 0.272 e. The summed E-state index contributed by atoms with van der Waals surface area (Å²) in [5, 5.41) is 5.11. The van der Waals surface area contributed by atoms with Gasteiger partial charge in [-0.05, 0) is 48.9 Å². The lowest BCUT2D eigenvalue weighted by Gasteiger charge is -2.28. The molecule has 0 bridgehead atoms. The molecule has 1 fully saturated rings. The predicted molar refractivity (Wildman–Crippen MR) is 129 cm³/mol. The van der Waals surface area contributed by atoms with Gasteiger partial charge in [0.05, 0.1) is 36.3 Å². The summed E-state index contributed by atoms with van der Waals surface area (Å²) in [5.74, 6) is 0.306. The molecule has 1 aliphatic heterocycles. The number of para-hydroxylation sites is 1. The number of ether oxygens (including phenoxy) is 1. The van der Waals surface area contributed by atoms with Crippen molar-refractivity contribution < 1.29 is 13.9 Å². The summed E-state index contributed by atoms with van der Waals surface area (Å²) in [6.45, 7) is 5.16. The topological polar surface area (TPSA) is 80.0 Å². The van der Waals surface area contributed by atoms with Gasteiger partial charge in [-0.15, -0.1) is 0 Å². The quantitative estimate of drug-likeness (QED) is 0.365. The Labute approximate surface area is 191 Å². The second kappa shape index (κ2) is 9.26. The van der Waals surface area contributed by atoms with Crippen LogP contribution in [-0.4, -0.2) is 42.9 Å². The number of fused-ring (bicyclic) bond motifs is 1. The number of aromatic nitrogens is 1. The number of benzene rings is 2. The van der Waals surface area contributed by atoms with Crippen molar-refractivity contribution in [3.63, 3.8) is 0 Å². The van der Waals surface area contributed by atoms with Crippen LogP contribution in [0.2, 0.25) is 0 Å². The van der Waals surface area contributed by atoms with E-state index in [4.69, 9.17) is 9.15 Å². The molecule has 3 heterocycles. The standard InChI is InChI=1S/C26H24N4O3/c1-18(19-8-10-20(11-9-19)30-12-15-32-16-13-30)28-29-26(31)22-17-24(25-7-4-14-33-25)27-23-6-3-2-5-21(22)23/h2-11,14,17H,12-13,15-16H2,1H3,(H,29,31)/b28-18-. The van der Waals surface area contributed by atoms with Crippen LogP contribution in [0.15, 0.2) is 82.5 Å². The van der Waals surface area contributed by atoms with E-state index in [1.54, 1.807) is 18.4 Å². The van der Waals surface area contributed by atoms with Gasteiger partial charge in [-0.25, -0.2) is 10.4 Å². The molecule has 33 heavy (non-hydrogen) atoms. The summed E-state index contributed by atoms with van der Waals surface area (Å²) < 4.78 is 10.9. The second-order valence-electron chi connectivity index (χ2n) is 7.83. The Kier molecular flexibility index (Phi) is 5.87. The SMILES string of the molecule is C/C(=N/NC(=O)c1cc(-c2ccco2)nc2ccccc12)c1ccc(N2CCOCC2)cc1. The van der Waals surface area contributed by atoms with E-state index in [-0.39, 0.29) is 5.91 Å². The van der Waals surface area contributed by atoms with E-state index in [0.29, 0.717) is 17.0 Å². The first kappa shape index (κ1) is 20.9. The Morgan fingerprint density at radius 2 is 1.82 bits per heavy atom. The lowest BCUT2D eigenvalue weighted by atomic mass is 10.1. The normalized spacial score (nSPS) is 14.5. The van der Waals surface area contributed by atoms with Gasteiger partial charge in [0.15, 0.2) is 5.76 Å². The maximum absolute atomic E-state index is 13.1. The number of nitrogens with one attached hydrogen (secondary N) is 1. The molecule has 1 N–H and O–H groups in total. The summed E-state index contributed by atoms with van der Waals surface area (Å²) >= 11 is 0. The molecular weight excluding hydrogens is 416 g/mol. The molecule has 7 nitrogen and oxygen atoms in total. The van der Waals surface area contributed by atoms with Crippen molar-refractivity contribution in [1.82, 2.24) is 10.4 Å². The molecule has 0 spiro atoms. The predicted octanol–water partition coefficient (Wildman–Crippen LogP) is 4.49. The molecule has 2 aromatic carbocycles. The molecule has 1 saturated heterocycles. The Morgan fingerprint density at radius 3 is 2.58 bits per heavy atom. The first-order valence-electron chi connectivity index (χ1n) is 10.9. The molecule has 7 heteroatoms. The van der Waals surface area contributed by atoms with Crippen LogP contribution in [-0.2, 0) is 4.74 Å². The number of hydrogen-bond donors (Lipinski definition) is 1. The van der Waals surface area contributed by atoms with Crippen LogP contribution in [0.5, 0.6) is 0 Å². The van der Waals surface area contributed by atoms with Gasteiger partial charge in [-0.1, -0.05) is 30.3 Å². The molecule has 0 unspecified atom stereocenters. The fourth-order valence-corrected chi connectivity index (χ4v) is 3.91. The number of furan rings is 1. The molecule has 1 aliphatic rings. The van der Waals surface area contributed by atoms with Gasteiger partial charge in [0.2, 0.25) is 0 Å². The van der Waals surface area contributed by atoms with Crippen LogP contribution in [0.4, 0.5) is 5.69 Å². The zero-order valence-electron chi connectivity index (χ0n) is 18.3. The molecule has 1 amide bonds. The summed E-state index contributed by atoms with van der Waals surface area (Å²) in [6.07, 6.45) is 1.59. The second-order valence-corrected chi connectivity index (χ2v) is 7.83. The number of amides is 1. The highest BCUT2D eigenvalue weighted by molar-refractivity contribution is 6.08. The highest BCUT2D eigenvalue weighted by Gasteiger charge is 2.15. The van der Waals surface area contributed by atoms with Crippen molar-refractivity contribution in [3.8, 4) is 11.5 Å². The van der Waals surface area contributed by atoms with Crippen molar-refractivity contribution in [1.29, 1.82) is 0 Å². The Balaban J connectivity index is 1.37. The minimum absolute atomic E-state index is 0.300. The van der Waals surface area contributed by atoms with Crippen LogP contribution < -0.4 is 10.3 Å². The highest BCUT2D eigenvalue weighted by atomic mass is 16.5. The number of anilines is 1. The number of carbonyl (C=O) groups excluding carboxylic acids is 1. The molecule has 2 aromatic heterocycles. The average Bonchev–Trinajstić information content (AvgIpc) is 3.42. The number of carbonyl (C=O) groups is 1. The number of nitrogens with zero attached hydrogens (tertiary/aromatic N) is 3. The van der Waals surface area contributed by atoms with Crippen molar-refractivity contribution in [2.24, 2.45) is 5.10 Å². The van der Waals surface area contributed by atoms with Gasteiger partial charge in [-0.3, -0.25) is 4.79 Å². The first-order chi connectivity index (χ1) is 16.2. The van der Waals surface area contributed by atoms with Crippen LogP contribution in [0.3, 0.4) is 0 Å². The molecule has 0 radical (unpaired) electrons. The zero-order chi connectivity index (χ0) is 22.6. The van der Waals surface area contributed by atoms with Gasteiger partial charge in [-0.2, -0.15) is 5.10 Å². The summed E-state index contributed by atoms with van der Waals surface area (Å²) in [5.41, 5.74) is 7.34. The third kappa shape index (κ3) is 4.49. The van der Waals surface area contributed by atoms with Gasteiger partial charge >= 0.3 is 0 Å². The van der Waals surface area contributed by atoms with E-state index in [1.165, 1.54) is 0 Å². The fourth-order valence-electron chi connectivity index (χ4n) is 3.91. The number of pyridine rings is 1. The summed E-state index contributed by atoms with van der Waals surface area (Å²) in [6, 6.07) is 21.1. The maximum Gasteiger partial charge on any atom is 0.272 e. The van der Waals surface area contributed by atoms with Crippen LogP contribution >= 0.6 is 0 Å². The van der Waals surface area contributed by atoms with E-state index in [1.807, 2.05) is 49.4 Å². The van der Waals surface area contributed by atoms with E-state index < -0.39 is 0 Å². The molecule has 0 saturated carbocycles. The molecule has 0 atom stereocenters. The van der Waals surface area contributed by atoms with Gasteiger partial charge in [0, 0.05) is 24.2 Å². The van der Waals surface area contributed by atoms with E-state index in [9.17, 15) is 4.79 Å². The third-order valence-electron chi connectivity index (χ3n) is 5.72. The lowest BCUT2D eigenvalue weighted by Crippen LogP contribution is -2.36. The zero-order valence-corrected chi connectivity index (χ0v) is 18.3. The fraction of sp³-hybridized carbons (Fsp3) is 0.192. The van der Waals surface area contributed by atoms with Gasteiger partial charge < -0.3 is 14.1 Å². The van der Waals surface area contributed by atoms with Crippen molar-refractivity contribution in [3.05, 3.63) is 84.1 Å².